The fourth-order valence-corrected chi connectivity index (χ4v) is 3.40. The minimum atomic E-state index is 0.440. The first-order valence-electron chi connectivity index (χ1n) is 10.1. The Hall–Kier alpha value is -3.62. The van der Waals surface area contributed by atoms with Gasteiger partial charge in [0, 0.05) is 35.5 Å². The lowest BCUT2D eigenvalue weighted by Crippen LogP contribution is -2.06. The Labute approximate surface area is 174 Å². The molecule has 0 radical (unpaired) electrons. The Kier molecular flexibility index (Phi) is 4.70. The van der Waals surface area contributed by atoms with Crippen LogP contribution in [0.2, 0.25) is 0 Å². The molecule has 150 valence electrons. The standard InChI is InChI=1S/C21H22BN7O/c1-12-8-19(25-20-10-17(27-28-20)13-6-7-13)26-21(24-12)23-11-14-9-18(29-30-14)15-4-2-3-5-16(15)22/h2-5,8-10,13H,6-7,11,22H2,1H3,(H3,23,24,25,26,27,28). The van der Waals surface area contributed by atoms with E-state index in [2.05, 4.69) is 49.9 Å². The number of hydrogen-bond donors (Lipinski definition) is 3. The summed E-state index contributed by atoms with van der Waals surface area (Å²) < 4.78 is 5.49. The maximum atomic E-state index is 5.49. The molecule has 0 saturated heterocycles. The van der Waals surface area contributed by atoms with Crippen LogP contribution in [0.4, 0.5) is 17.6 Å². The van der Waals surface area contributed by atoms with Crippen LogP contribution in [-0.4, -0.2) is 33.2 Å². The van der Waals surface area contributed by atoms with E-state index in [4.69, 9.17) is 4.52 Å². The van der Waals surface area contributed by atoms with Gasteiger partial charge in [0.2, 0.25) is 5.95 Å². The zero-order valence-corrected chi connectivity index (χ0v) is 16.9. The van der Waals surface area contributed by atoms with Crippen LogP contribution in [0.15, 0.2) is 47.0 Å². The molecule has 0 atom stereocenters. The molecule has 1 aliphatic rings. The summed E-state index contributed by atoms with van der Waals surface area (Å²) in [5, 5.41) is 18.1. The van der Waals surface area contributed by atoms with Crippen LogP contribution in [0.1, 0.15) is 35.9 Å². The van der Waals surface area contributed by atoms with Gasteiger partial charge in [-0.3, -0.25) is 5.10 Å². The highest BCUT2D eigenvalue weighted by Crippen LogP contribution is 2.39. The second kappa shape index (κ2) is 7.66. The summed E-state index contributed by atoms with van der Waals surface area (Å²) in [4.78, 5) is 9.00. The van der Waals surface area contributed by atoms with Gasteiger partial charge in [-0.1, -0.05) is 34.9 Å². The van der Waals surface area contributed by atoms with Crippen molar-refractivity contribution in [1.82, 2.24) is 25.3 Å². The molecule has 0 amide bonds. The maximum Gasteiger partial charge on any atom is 0.225 e. The first kappa shape index (κ1) is 18.4. The number of aryl methyl sites for hydroxylation is 1. The number of benzene rings is 1. The zero-order valence-electron chi connectivity index (χ0n) is 16.9. The Morgan fingerprint density at radius 3 is 2.83 bits per heavy atom. The molecule has 3 aromatic heterocycles. The van der Waals surface area contributed by atoms with Gasteiger partial charge in [-0.2, -0.15) is 10.1 Å². The van der Waals surface area contributed by atoms with Crippen molar-refractivity contribution in [2.75, 3.05) is 10.6 Å². The van der Waals surface area contributed by atoms with E-state index in [9.17, 15) is 0 Å². The fraction of sp³-hybridized carbons (Fsp3) is 0.238. The van der Waals surface area contributed by atoms with Crippen molar-refractivity contribution in [2.24, 2.45) is 0 Å². The third-order valence-electron chi connectivity index (χ3n) is 5.13. The number of anilines is 3. The lowest BCUT2D eigenvalue weighted by Gasteiger charge is -2.07. The van der Waals surface area contributed by atoms with E-state index in [0.717, 1.165) is 28.2 Å². The zero-order chi connectivity index (χ0) is 20.5. The number of H-pyrrole nitrogens is 1. The minimum absolute atomic E-state index is 0.440. The highest BCUT2D eigenvalue weighted by atomic mass is 16.5. The fourth-order valence-electron chi connectivity index (χ4n) is 3.40. The molecule has 1 aliphatic carbocycles. The van der Waals surface area contributed by atoms with E-state index < -0.39 is 0 Å². The molecule has 30 heavy (non-hydrogen) atoms. The van der Waals surface area contributed by atoms with Gasteiger partial charge >= 0.3 is 0 Å². The minimum Gasteiger partial charge on any atom is -0.359 e. The topological polar surface area (TPSA) is 105 Å². The molecular weight excluding hydrogens is 377 g/mol. The van der Waals surface area contributed by atoms with Gasteiger partial charge < -0.3 is 15.2 Å². The van der Waals surface area contributed by atoms with Crippen LogP contribution >= 0.6 is 0 Å². The summed E-state index contributed by atoms with van der Waals surface area (Å²) in [5.74, 6) is 3.32. The smallest absolute Gasteiger partial charge is 0.225 e. The molecule has 0 unspecified atom stereocenters. The maximum absolute atomic E-state index is 5.49. The molecule has 3 heterocycles. The van der Waals surface area contributed by atoms with Crippen LogP contribution in [0.3, 0.4) is 0 Å². The summed E-state index contributed by atoms with van der Waals surface area (Å²) in [7, 11) is 2.06. The Balaban J connectivity index is 1.26. The molecule has 0 spiro atoms. The van der Waals surface area contributed by atoms with Gasteiger partial charge in [0.1, 0.15) is 19.4 Å². The van der Waals surface area contributed by atoms with Crippen molar-refractivity contribution < 1.29 is 4.52 Å². The van der Waals surface area contributed by atoms with Crippen molar-refractivity contribution >= 4 is 30.9 Å². The third kappa shape index (κ3) is 4.05. The second-order valence-electron chi connectivity index (χ2n) is 7.67. The number of aromatic amines is 1. The monoisotopic (exact) mass is 399 g/mol. The SMILES string of the molecule is Bc1ccccc1-c1cc(CNc2nc(C)cc(Nc3cc(C4CC4)[nH]n3)n2)on1. The second-order valence-corrected chi connectivity index (χ2v) is 7.67. The molecule has 1 fully saturated rings. The highest BCUT2D eigenvalue weighted by molar-refractivity contribution is 6.35. The molecule has 3 N–H and O–H groups in total. The van der Waals surface area contributed by atoms with E-state index >= 15 is 0 Å². The van der Waals surface area contributed by atoms with Crippen molar-refractivity contribution in [2.45, 2.75) is 32.2 Å². The number of hydrogen-bond acceptors (Lipinski definition) is 7. The molecule has 5 rings (SSSR count). The number of aromatic nitrogens is 5. The summed E-state index contributed by atoms with van der Waals surface area (Å²) in [6.07, 6.45) is 2.46. The van der Waals surface area contributed by atoms with E-state index in [1.807, 2.05) is 43.3 Å². The first-order chi connectivity index (χ1) is 14.6. The van der Waals surface area contributed by atoms with Gasteiger partial charge in [0.15, 0.2) is 11.6 Å². The normalized spacial score (nSPS) is 13.4. The number of nitrogens with zero attached hydrogens (tertiary/aromatic N) is 4. The lowest BCUT2D eigenvalue weighted by atomic mass is 9.89. The quantitative estimate of drug-likeness (QED) is 0.411. The van der Waals surface area contributed by atoms with Crippen molar-refractivity contribution in [3.8, 4) is 11.3 Å². The molecular formula is C21H22BN7O. The first-order valence-corrected chi connectivity index (χ1v) is 10.1. The van der Waals surface area contributed by atoms with Gasteiger partial charge in [0.05, 0.1) is 6.54 Å². The molecule has 0 bridgehead atoms. The van der Waals surface area contributed by atoms with Crippen molar-refractivity contribution in [3.63, 3.8) is 0 Å². The molecule has 0 aliphatic heterocycles. The predicted molar refractivity (Wildman–Crippen MR) is 118 cm³/mol. The number of rotatable bonds is 7. The van der Waals surface area contributed by atoms with Gasteiger partial charge in [-0.25, -0.2) is 4.98 Å². The molecule has 1 aromatic carbocycles. The Morgan fingerprint density at radius 1 is 1.13 bits per heavy atom. The molecule has 8 nitrogen and oxygen atoms in total. The van der Waals surface area contributed by atoms with Crippen LogP contribution in [0.25, 0.3) is 11.3 Å². The highest BCUT2D eigenvalue weighted by Gasteiger charge is 2.25. The Bertz CT molecular complexity index is 1180. The lowest BCUT2D eigenvalue weighted by molar-refractivity contribution is 0.390. The molecule has 9 heteroatoms. The largest absolute Gasteiger partial charge is 0.359 e. The van der Waals surface area contributed by atoms with E-state index in [1.54, 1.807) is 0 Å². The van der Waals surface area contributed by atoms with Gasteiger partial charge in [-0.05, 0) is 25.3 Å². The van der Waals surface area contributed by atoms with E-state index in [1.165, 1.54) is 18.5 Å². The number of nitrogens with one attached hydrogen (secondary N) is 3. The average molecular weight is 399 g/mol. The van der Waals surface area contributed by atoms with Crippen LogP contribution in [-0.2, 0) is 6.54 Å². The van der Waals surface area contributed by atoms with Crippen LogP contribution in [0.5, 0.6) is 0 Å². The van der Waals surface area contributed by atoms with E-state index in [-0.39, 0.29) is 0 Å². The predicted octanol–water partition coefficient (Wildman–Crippen LogP) is 2.65. The van der Waals surface area contributed by atoms with Crippen molar-refractivity contribution in [3.05, 3.63) is 59.6 Å². The summed E-state index contributed by atoms with van der Waals surface area (Å²) in [5.41, 5.74) is 5.08. The van der Waals surface area contributed by atoms with Gasteiger partial charge in [0.25, 0.3) is 0 Å². The third-order valence-corrected chi connectivity index (χ3v) is 5.13. The van der Waals surface area contributed by atoms with Crippen LogP contribution in [0, 0.1) is 6.92 Å². The molecule has 1 saturated carbocycles. The Morgan fingerprint density at radius 2 is 2.00 bits per heavy atom. The van der Waals surface area contributed by atoms with E-state index in [0.29, 0.717) is 30.0 Å². The van der Waals surface area contributed by atoms with Crippen LogP contribution < -0.4 is 16.1 Å². The average Bonchev–Trinajstić information content (AvgIpc) is 3.29. The molecule has 4 aromatic rings. The summed E-state index contributed by atoms with van der Waals surface area (Å²) in [6, 6.07) is 14.0. The van der Waals surface area contributed by atoms with Crippen molar-refractivity contribution in [1.29, 1.82) is 0 Å². The summed E-state index contributed by atoms with van der Waals surface area (Å²) >= 11 is 0. The summed E-state index contributed by atoms with van der Waals surface area (Å²) in [6.45, 7) is 2.37. The van der Waals surface area contributed by atoms with Gasteiger partial charge in [-0.15, -0.1) is 0 Å².